The number of hydrogen-bond donors (Lipinski definition) is 0. The third-order valence-electron chi connectivity index (χ3n) is 2.84. The minimum Gasteiger partial charge on any atom is -0.243 e. The number of aromatic nitrogens is 3. The van der Waals surface area contributed by atoms with E-state index in [0.717, 1.165) is 4.47 Å². The van der Waals surface area contributed by atoms with E-state index < -0.39 is 0 Å². The standard InChI is InChI=1S/C12H14BrN3/c1-9-8-10(13)4-5-11(9)12(2,3)16-7-6-14-15-16/h4-8H,1-3H3. The van der Waals surface area contributed by atoms with E-state index >= 15 is 0 Å². The quantitative estimate of drug-likeness (QED) is 0.846. The zero-order valence-electron chi connectivity index (χ0n) is 9.61. The minimum absolute atomic E-state index is 0.179. The molecule has 0 amide bonds. The van der Waals surface area contributed by atoms with Crippen LogP contribution >= 0.6 is 15.9 Å². The monoisotopic (exact) mass is 279 g/mol. The first kappa shape index (κ1) is 11.3. The third kappa shape index (κ3) is 1.89. The Morgan fingerprint density at radius 3 is 2.62 bits per heavy atom. The number of benzene rings is 1. The molecule has 3 nitrogen and oxygen atoms in total. The molecule has 1 heterocycles. The average molecular weight is 280 g/mol. The number of halogens is 1. The van der Waals surface area contributed by atoms with Crippen molar-refractivity contribution >= 4 is 15.9 Å². The van der Waals surface area contributed by atoms with Crippen molar-refractivity contribution in [3.8, 4) is 0 Å². The first-order chi connectivity index (χ1) is 7.51. The van der Waals surface area contributed by atoms with Gasteiger partial charge >= 0.3 is 0 Å². The van der Waals surface area contributed by atoms with Gasteiger partial charge in [-0.25, -0.2) is 4.68 Å². The second-order valence-corrected chi connectivity index (χ2v) is 5.28. The molecule has 0 aliphatic rings. The predicted octanol–water partition coefficient (Wildman–Crippen LogP) is 3.13. The van der Waals surface area contributed by atoms with Gasteiger partial charge in [-0.05, 0) is 44.0 Å². The smallest absolute Gasteiger partial charge is 0.0840 e. The molecule has 0 fully saturated rings. The summed E-state index contributed by atoms with van der Waals surface area (Å²) < 4.78 is 2.98. The molecule has 0 atom stereocenters. The highest BCUT2D eigenvalue weighted by molar-refractivity contribution is 9.10. The molecule has 0 saturated heterocycles. The van der Waals surface area contributed by atoms with Gasteiger partial charge in [0.25, 0.3) is 0 Å². The maximum Gasteiger partial charge on any atom is 0.0840 e. The molecule has 0 unspecified atom stereocenters. The molecule has 0 bridgehead atoms. The molecule has 84 valence electrons. The predicted molar refractivity (Wildman–Crippen MR) is 67.3 cm³/mol. The van der Waals surface area contributed by atoms with Gasteiger partial charge in [-0.2, -0.15) is 0 Å². The first-order valence-electron chi connectivity index (χ1n) is 5.15. The van der Waals surface area contributed by atoms with Crippen molar-refractivity contribution in [2.24, 2.45) is 0 Å². The van der Waals surface area contributed by atoms with Crippen LogP contribution in [-0.4, -0.2) is 15.0 Å². The summed E-state index contributed by atoms with van der Waals surface area (Å²) in [6.45, 7) is 6.38. The summed E-state index contributed by atoms with van der Waals surface area (Å²) in [4.78, 5) is 0. The van der Waals surface area contributed by atoms with Crippen molar-refractivity contribution in [3.63, 3.8) is 0 Å². The molecule has 4 heteroatoms. The maximum absolute atomic E-state index is 4.08. The van der Waals surface area contributed by atoms with Crippen molar-refractivity contribution in [1.82, 2.24) is 15.0 Å². The fourth-order valence-corrected chi connectivity index (χ4v) is 2.42. The van der Waals surface area contributed by atoms with E-state index in [1.54, 1.807) is 6.20 Å². The van der Waals surface area contributed by atoms with Crippen LogP contribution in [-0.2, 0) is 5.54 Å². The largest absolute Gasteiger partial charge is 0.243 e. The normalized spacial score (nSPS) is 11.8. The van der Waals surface area contributed by atoms with Gasteiger partial charge in [-0.1, -0.05) is 27.2 Å². The lowest BCUT2D eigenvalue weighted by Gasteiger charge is -2.27. The Morgan fingerprint density at radius 2 is 2.06 bits per heavy atom. The summed E-state index contributed by atoms with van der Waals surface area (Å²) in [6.07, 6.45) is 3.59. The molecule has 2 rings (SSSR count). The fourth-order valence-electron chi connectivity index (χ4n) is 1.94. The molecule has 2 aromatic rings. The van der Waals surface area contributed by atoms with E-state index in [0.29, 0.717) is 0 Å². The third-order valence-corrected chi connectivity index (χ3v) is 3.34. The molecule has 0 saturated carbocycles. The Labute approximate surface area is 104 Å². The van der Waals surface area contributed by atoms with Crippen LogP contribution in [0, 0.1) is 6.92 Å². The molecular formula is C12H14BrN3. The number of aryl methyl sites for hydroxylation is 1. The summed E-state index contributed by atoms with van der Waals surface area (Å²) in [6, 6.07) is 6.30. The number of hydrogen-bond acceptors (Lipinski definition) is 2. The molecule has 0 aliphatic carbocycles. The van der Waals surface area contributed by atoms with Gasteiger partial charge in [0, 0.05) is 10.7 Å². The maximum atomic E-state index is 4.08. The fraction of sp³-hybridized carbons (Fsp3) is 0.333. The lowest BCUT2D eigenvalue weighted by Crippen LogP contribution is -2.29. The van der Waals surface area contributed by atoms with Gasteiger partial charge in [0.05, 0.1) is 11.7 Å². The first-order valence-corrected chi connectivity index (χ1v) is 5.94. The van der Waals surface area contributed by atoms with Crippen molar-refractivity contribution in [1.29, 1.82) is 0 Å². The van der Waals surface area contributed by atoms with Gasteiger partial charge in [0.1, 0.15) is 0 Å². The highest BCUT2D eigenvalue weighted by atomic mass is 79.9. The Bertz CT molecular complexity index is 489. The van der Waals surface area contributed by atoms with E-state index in [9.17, 15) is 0 Å². The summed E-state index contributed by atoms with van der Waals surface area (Å²) in [5.41, 5.74) is 2.32. The van der Waals surface area contributed by atoms with Gasteiger partial charge in [0.15, 0.2) is 0 Å². The molecule has 1 aromatic carbocycles. The van der Waals surface area contributed by atoms with Crippen LogP contribution in [0.15, 0.2) is 35.1 Å². The molecule has 0 N–H and O–H groups in total. The van der Waals surface area contributed by atoms with Gasteiger partial charge < -0.3 is 0 Å². The Kier molecular flexibility index (Phi) is 2.84. The summed E-state index contributed by atoms with van der Waals surface area (Å²) in [5, 5.41) is 7.95. The van der Waals surface area contributed by atoms with Crippen LogP contribution in [0.1, 0.15) is 25.0 Å². The average Bonchev–Trinajstić information content (AvgIpc) is 2.69. The Morgan fingerprint density at radius 1 is 1.31 bits per heavy atom. The molecule has 16 heavy (non-hydrogen) atoms. The van der Waals surface area contributed by atoms with Crippen LogP contribution in [0.25, 0.3) is 0 Å². The number of nitrogens with zero attached hydrogens (tertiary/aromatic N) is 3. The van der Waals surface area contributed by atoms with Crippen LogP contribution in [0.4, 0.5) is 0 Å². The van der Waals surface area contributed by atoms with Crippen molar-refractivity contribution < 1.29 is 0 Å². The molecule has 0 radical (unpaired) electrons. The second-order valence-electron chi connectivity index (χ2n) is 4.37. The van der Waals surface area contributed by atoms with Crippen LogP contribution in [0.2, 0.25) is 0 Å². The van der Waals surface area contributed by atoms with E-state index in [4.69, 9.17) is 0 Å². The van der Waals surface area contributed by atoms with E-state index in [2.05, 4.69) is 65.2 Å². The van der Waals surface area contributed by atoms with Crippen molar-refractivity contribution in [2.75, 3.05) is 0 Å². The van der Waals surface area contributed by atoms with Crippen molar-refractivity contribution in [2.45, 2.75) is 26.3 Å². The second kappa shape index (κ2) is 4.01. The van der Waals surface area contributed by atoms with Crippen LogP contribution in [0.5, 0.6) is 0 Å². The lowest BCUT2D eigenvalue weighted by atomic mass is 9.91. The SMILES string of the molecule is Cc1cc(Br)ccc1C(C)(C)n1ccnn1. The van der Waals surface area contributed by atoms with Crippen LogP contribution < -0.4 is 0 Å². The summed E-state index contributed by atoms with van der Waals surface area (Å²) in [5.74, 6) is 0. The zero-order valence-corrected chi connectivity index (χ0v) is 11.2. The zero-order chi connectivity index (χ0) is 11.8. The number of rotatable bonds is 2. The van der Waals surface area contributed by atoms with Gasteiger partial charge in [0.2, 0.25) is 0 Å². The van der Waals surface area contributed by atoms with Gasteiger partial charge in [-0.3, -0.25) is 0 Å². The molecule has 0 spiro atoms. The Hall–Kier alpha value is -1.16. The molecule has 0 aliphatic heterocycles. The molecule has 1 aromatic heterocycles. The van der Waals surface area contributed by atoms with E-state index in [1.165, 1.54) is 11.1 Å². The summed E-state index contributed by atoms with van der Waals surface area (Å²) in [7, 11) is 0. The highest BCUT2D eigenvalue weighted by Gasteiger charge is 2.25. The van der Waals surface area contributed by atoms with Crippen LogP contribution in [0.3, 0.4) is 0 Å². The van der Waals surface area contributed by atoms with E-state index in [1.807, 2.05) is 10.9 Å². The summed E-state index contributed by atoms with van der Waals surface area (Å²) >= 11 is 3.48. The van der Waals surface area contributed by atoms with Crippen molar-refractivity contribution in [3.05, 3.63) is 46.2 Å². The minimum atomic E-state index is -0.179. The lowest BCUT2D eigenvalue weighted by molar-refractivity contribution is 0.378. The Balaban J connectivity index is 2.51. The van der Waals surface area contributed by atoms with E-state index in [-0.39, 0.29) is 5.54 Å². The van der Waals surface area contributed by atoms with Gasteiger partial charge in [-0.15, -0.1) is 5.10 Å². The highest BCUT2D eigenvalue weighted by Crippen LogP contribution is 2.28. The topological polar surface area (TPSA) is 30.7 Å². The molecular weight excluding hydrogens is 266 g/mol.